The molecule has 0 saturated heterocycles. The molecule has 0 amide bonds. The molecule has 0 heterocycles. The minimum atomic E-state index is 0.448. The van der Waals surface area contributed by atoms with E-state index >= 15 is 0 Å². The summed E-state index contributed by atoms with van der Waals surface area (Å²) in [5.41, 5.74) is 6.95. The molecule has 0 aliphatic rings. The third-order valence-corrected chi connectivity index (χ3v) is 1.60. The lowest BCUT2D eigenvalue weighted by atomic mass is 10.1. The predicted octanol–water partition coefficient (Wildman–Crippen LogP) is 1.31. The van der Waals surface area contributed by atoms with Gasteiger partial charge in [0.05, 0.1) is 11.6 Å². The van der Waals surface area contributed by atoms with Crippen LogP contribution in [0.1, 0.15) is 11.1 Å². The number of hydrogen-bond donors (Lipinski definition) is 2. The maximum absolute atomic E-state index is 8.56. The second-order valence-corrected chi connectivity index (χ2v) is 2.72. The van der Waals surface area contributed by atoms with Crippen LogP contribution in [-0.2, 0) is 6.54 Å². The molecule has 1 aromatic carbocycles. The molecule has 0 aliphatic carbocycles. The van der Waals surface area contributed by atoms with Gasteiger partial charge in [0.25, 0.3) is 0 Å². The lowest BCUT2D eigenvalue weighted by molar-refractivity contribution is 1.06. The van der Waals surface area contributed by atoms with Crippen molar-refractivity contribution in [3.05, 3.63) is 29.3 Å². The second kappa shape index (κ2) is 3.42. The first-order valence-corrected chi connectivity index (χ1v) is 3.64. The van der Waals surface area contributed by atoms with Gasteiger partial charge < -0.3 is 5.73 Å². The Bertz CT molecular complexity index is 301. The van der Waals surface area contributed by atoms with Crippen LogP contribution in [0.25, 0.3) is 0 Å². The lowest BCUT2D eigenvalue weighted by Gasteiger charge is -1.98. The molecule has 2 N–H and O–H groups in total. The summed E-state index contributed by atoms with van der Waals surface area (Å²) in [6.45, 7) is 0.448. The summed E-state index contributed by atoms with van der Waals surface area (Å²) in [5.74, 6) is 0. The zero-order chi connectivity index (χ0) is 8.27. The van der Waals surface area contributed by atoms with E-state index in [9.17, 15) is 0 Å². The molecule has 11 heavy (non-hydrogen) atoms. The Morgan fingerprint density at radius 3 is 2.73 bits per heavy atom. The zero-order valence-corrected chi connectivity index (χ0v) is 6.81. The molecule has 1 rings (SSSR count). The monoisotopic (exact) mass is 164 g/mol. The van der Waals surface area contributed by atoms with Crippen LogP contribution in [0.5, 0.6) is 0 Å². The van der Waals surface area contributed by atoms with E-state index in [1.54, 1.807) is 12.1 Å². The Morgan fingerprint density at radius 2 is 2.18 bits per heavy atom. The van der Waals surface area contributed by atoms with Gasteiger partial charge in [-0.3, -0.25) is 0 Å². The van der Waals surface area contributed by atoms with Gasteiger partial charge in [0.2, 0.25) is 0 Å². The van der Waals surface area contributed by atoms with Gasteiger partial charge in [0.15, 0.2) is 0 Å². The smallest absolute Gasteiger partial charge is 0.0992 e. The number of nitrogens with two attached hydrogens (primary N) is 1. The van der Waals surface area contributed by atoms with Crippen molar-refractivity contribution in [1.29, 1.82) is 5.26 Å². The zero-order valence-electron chi connectivity index (χ0n) is 5.91. The first-order chi connectivity index (χ1) is 5.26. The van der Waals surface area contributed by atoms with Crippen LogP contribution < -0.4 is 5.73 Å². The third kappa shape index (κ3) is 1.97. The quantitative estimate of drug-likeness (QED) is 0.615. The standard InChI is InChI=1S/C8H8N2S/c9-4-6-1-7(5-10)3-8(11)2-6/h1-3,11H,4,9H2. The van der Waals surface area contributed by atoms with Crippen LogP contribution in [0, 0.1) is 11.3 Å². The van der Waals surface area contributed by atoms with Crippen molar-refractivity contribution in [1.82, 2.24) is 0 Å². The van der Waals surface area contributed by atoms with Crippen molar-refractivity contribution in [2.75, 3.05) is 0 Å². The van der Waals surface area contributed by atoms with E-state index in [2.05, 4.69) is 12.6 Å². The summed E-state index contributed by atoms with van der Waals surface area (Å²) >= 11 is 4.13. The maximum Gasteiger partial charge on any atom is 0.0992 e. The highest BCUT2D eigenvalue weighted by Gasteiger charge is 1.95. The molecule has 0 fully saturated rings. The van der Waals surface area contributed by atoms with Gasteiger partial charge in [-0.2, -0.15) is 5.26 Å². The minimum Gasteiger partial charge on any atom is -0.326 e. The van der Waals surface area contributed by atoms with Crippen LogP contribution in [0.15, 0.2) is 23.1 Å². The average molecular weight is 164 g/mol. The van der Waals surface area contributed by atoms with Crippen LogP contribution in [0.2, 0.25) is 0 Å². The summed E-state index contributed by atoms with van der Waals surface area (Å²) in [7, 11) is 0. The summed E-state index contributed by atoms with van der Waals surface area (Å²) in [6.07, 6.45) is 0. The molecule has 3 heteroatoms. The fourth-order valence-electron chi connectivity index (χ4n) is 0.856. The van der Waals surface area contributed by atoms with Crippen LogP contribution in [0.4, 0.5) is 0 Å². The molecule has 0 unspecified atom stereocenters. The number of benzene rings is 1. The summed E-state index contributed by atoms with van der Waals surface area (Å²) < 4.78 is 0. The lowest BCUT2D eigenvalue weighted by Crippen LogP contribution is -1.96. The van der Waals surface area contributed by atoms with Gasteiger partial charge in [-0.25, -0.2) is 0 Å². The molecular formula is C8H8N2S. The normalized spacial score (nSPS) is 9.18. The third-order valence-electron chi connectivity index (χ3n) is 1.34. The summed E-state index contributed by atoms with van der Waals surface area (Å²) in [5, 5.41) is 8.56. The Labute approximate surface area is 71.0 Å². The molecule has 0 spiro atoms. The SMILES string of the molecule is N#Cc1cc(S)cc(CN)c1. The van der Waals surface area contributed by atoms with Crippen molar-refractivity contribution >= 4 is 12.6 Å². The Morgan fingerprint density at radius 1 is 1.45 bits per heavy atom. The van der Waals surface area contributed by atoms with Gasteiger partial charge in [-0.15, -0.1) is 12.6 Å². The van der Waals surface area contributed by atoms with Crippen LogP contribution in [0.3, 0.4) is 0 Å². The number of thiol groups is 1. The summed E-state index contributed by atoms with van der Waals surface area (Å²) in [6, 6.07) is 7.36. The molecule has 0 aromatic heterocycles. The largest absolute Gasteiger partial charge is 0.326 e. The van der Waals surface area contributed by atoms with E-state index in [-0.39, 0.29) is 0 Å². The highest BCUT2D eigenvalue weighted by atomic mass is 32.1. The number of nitrogens with zero attached hydrogens (tertiary/aromatic N) is 1. The fraction of sp³-hybridized carbons (Fsp3) is 0.125. The molecule has 1 aromatic rings. The van der Waals surface area contributed by atoms with Crippen molar-refractivity contribution in [3.8, 4) is 6.07 Å². The van der Waals surface area contributed by atoms with E-state index in [4.69, 9.17) is 11.0 Å². The molecule has 0 atom stereocenters. The van der Waals surface area contributed by atoms with Crippen LogP contribution >= 0.6 is 12.6 Å². The minimum absolute atomic E-state index is 0.448. The Balaban J connectivity index is 3.15. The van der Waals surface area contributed by atoms with Crippen molar-refractivity contribution in [2.24, 2.45) is 5.73 Å². The fourth-order valence-corrected chi connectivity index (χ4v) is 1.16. The number of nitriles is 1. The molecule has 0 radical (unpaired) electrons. The highest BCUT2D eigenvalue weighted by Crippen LogP contribution is 2.12. The summed E-state index contributed by atoms with van der Waals surface area (Å²) in [4.78, 5) is 0.782. The van der Waals surface area contributed by atoms with Crippen molar-refractivity contribution < 1.29 is 0 Å². The molecule has 0 saturated carbocycles. The molecule has 2 nitrogen and oxygen atoms in total. The van der Waals surface area contributed by atoms with E-state index in [1.165, 1.54) is 0 Å². The van der Waals surface area contributed by atoms with Gasteiger partial charge in [0, 0.05) is 11.4 Å². The van der Waals surface area contributed by atoms with Crippen molar-refractivity contribution in [3.63, 3.8) is 0 Å². The van der Waals surface area contributed by atoms with Gasteiger partial charge >= 0.3 is 0 Å². The Hall–Kier alpha value is -0.980. The maximum atomic E-state index is 8.56. The highest BCUT2D eigenvalue weighted by molar-refractivity contribution is 7.80. The molecule has 0 bridgehead atoms. The van der Waals surface area contributed by atoms with Gasteiger partial charge in [-0.1, -0.05) is 0 Å². The molecule has 0 aliphatic heterocycles. The predicted molar refractivity (Wildman–Crippen MR) is 46.3 cm³/mol. The average Bonchev–Trinajstić information content (AvgIpc) is 2.03. The first-order valence-electron chi connectivity index (χ1n) is 3.19. The van der Waals surface area contributed by atoms with E-state index in [0.29, 0.717) is 12.1 Å². The molecular weight excluding hydrogens is 156 g/mol. The van der Waals surface area contributed by atoms with E-state index in [0.717, 1.165) is 10.5 Å². The Kier molecular flexibility index (Phi) is 2.53. The second-order valence-electron chi connectivity index (χ2n) is 2.20. The van der Waals surface area contributed by atoms with Gasteiger partial charge in [0.1, 0.15) is 0 Å². The number of rotatable bonds is 1. The van der Waals surface area contributed by atoms with E-state index in [1.807, 2.05) is 12.1 Å². The van der Waals surface area contributed by atoms with Crippen molar-refractivity contribution in [2.45, 2.75) is 11.4 Å². The topological polar surface area (TPSA) is 49.8 Å². The van der Waals surface area contributed by atoms with Gasteiger partial charge in [-0.05, 0) is 23.8 Å². The van der Waals surface area contributed by atoms with E-state index < -0.39 is 0 Å². The number of hydrogen-bond acceptors (Lipinski definition) is 3. The molecule has 56 valence electrons. The first kappa shape index (κ1) is 8.12. The van der Waals surface area contributed by atoms with Crippen LogP contribution in [-0.4, -0.2) is 0 Å².